The van der Waals surface area contributed by atoms with Gasteiger partial charge in [-0.25, -0.2) is 0 Å². The van der Waals surface area contributed by atoms with E-state index in [2.05, 4.69) is 35.8 Å². The average molecular weight is 282 g/mol. The zero-order valence-corrected chi connectivity index (χ0v) is 11.9. The number of carbonyl (C=O) groups excluding carboxylic acids is 1. The molecule has 0 saturated carbocycles. The van der Waals surface area contributed by atoms with Gasteiger partial charge < -0.3 is 15.7 Å². The predicted octanol–water partition coefficient (Wildman–Crippen LogP) is 2.27. The summed E-state index contributed by atoms with van der Waals surface area (Å²) in [6.07, 6.45) is 0. The average Bonchev–Trinajstić information content (AvgIpc) is 2.48. The molecule has 2 aromatic carbocycles. The van der Waals surface area contributed by atoms with Crippen molar-refractivity contribution in [1.29, 1.82) is 0 Å². The molecule has 1 unspecified atom stereocenters. The molecular formula is C17H18N2O2. The van der Waals surface area contributed by atoms with E-state index in [0.29, 0.717) is 5.56 Å². The summed E-state index contributed by atoms with van der Waals surface area (Å²) >= 11 is 0. The van der Waals surface area contributed by atoms with Crippen LogP contribution >= 0.6 is 0 Å². The number of carbonyl (C=O) groups is 1. The first kappa shape index (κ1) is 13.6. The molecule has 0 aliphatic carbocycles. The van der Waals surface area contributed by atoms with Crippen molar-refractivity contribution in [3.05, 3.63) is 64.7 Å². The van der Waals surface area contributed by atoms with E-state index in [4.69, 9.17) is 0 Å². The Morgan fingerprint density at radius 1 is 1.24 bits per heavy atom. The summed E-state index contributed by atoms with van der Waals surface area (Å²) in [7, 11) is 0. The zero-order chi connectivity index (χ0) is 14.8. The number of amides is 1. The van der Waals surface area contributed by atoms with Crippen molar-refractivity contribution in [2.24, 2.45) is 0 Å². The molecule has 3 rings (SSSR count). The van der Waals surface area contributed by atoms with Crippen LogP contribution in [0.4, 0.5) is 0 Å². The van der Waals surface area contributed by atoms with Crippen LogP contribution in [0.3, 0.4) is 0 Å². The molecule has 21 heavy (non-hydrogen) atoms. The van der Waals surface area contributed by atoms with Crippen LogP contribution in [0.25, 0.3) is 0 Å². The molecule has 108 valence electrons. The summed E-state index contributed by atoms with van der Waals surface area (Å²) in [5.41, 5.74) is 4.15. The molecule has 0 radical (unpaired) electrons. The third kappa shape index (κ3) is 2.90. The minimum atomic E-state index is -0.129. The molecule has 0 bridgehead atoms. The van der Waals surface area contributed by atoms with Crippen LogP contribution < -0.4 is 10.6 Å². The third-order valence-electron chi connectivity index (χ3n) is 3.78. The van der Waals surface area contributed by atoms with Gasteiger partial charge in [0.05, 0.1) is 6.04 Å². The zero-order valence-electron chi connectivity index (χ0n) is 11.9. The van der Waals surface area contributed by atoms with Gasteiger partial charge in [-0.1, -0.05) is 23.8 Å². The molecule has 4 heteroatoms. The first-order valence-electron chi connectivity index (χ1n) is 7.03. The molecule has 1 aliphatic heterocycles. The molecule has 4 nitrogen and oxygen atoms in total. The summed E-state index contributed by atoms with van der Waals surface area (Å²) < 4.78 is 0. The molecule has 1 heterocycles. The van der Waals surface area contributed by atoms with Crippen LogP contribution in [0.15, 0.2) is 42.5 Å². The topological polar surface area (TPSA) is 61.4 Å². The highest BCUT2D eigenvalue weighted by Crippen LogP contribution is 2.23. The first-order chi connectivity index (χ1) is 10.1. The van der Waals surface area contributed by atoms with Crippen molar-refractivity contribution in [3.8, 4) is 5.75 Å². The van der Waals surface area contributed by atoms with Crippen molar-refractivity contribution in [1.82, 2.24) is 10.6 Å². The van der Waals surface area contributed by atoms with Gasteiger partial charge in [-0.05, 0) is 42.3 Å². The van der Waals surface area contributed by atoms with Crippen molar-refractivity contribution < 1.29 is 9.90 Å². The van der Waals surface area contributed by atoms with Crippen LogP contribution in [-0.2, 0) is 6.54 Å². The summed E-state index contributed by atoms with van der Waals surface area (Å²) in [6, 6.07) is 12.6. The van der Waals surface area contributed by atoms with Gasteiger partial charge in [0.2, 0.25) is 0 Å². The van der Waals surface area contributed by atoms with E-state index in [1.165, 1.54) is 28.8 Å². The van der Waals surface area contributed by atoms with Crippen LogP contribution in [0.1, 0.15) is 33.1 Å². The lowest BCUT2D eigenvalue weighted by molar-refractivity contribution is 0.0934. The Labute approximate surface area is 123 Å². The fraction of sp³-hybridized carbons (Fsp3) is 0.235. The van der Waals surface area contributed by atoms with Crippen molar-refractivity contribution in [2.45, 2.75) is 19.5 Å². The fourth-order valence-corrected chi connectivity index (χ4v) is 2.64. The number of rotatable bonds is 2. The maximum absolute atomic E-state index is 12.3. The van der Waals surface area contributed by atoms with Gasteiger partial charge in [-0.15, -0.1) is 0 Å². The molecule has 3 N–H and O–H groups in total. The molecule has 0 saturated heterocycles. The van der Waals surface area contributed by atoms with Gasteiger partial charge in [0.1, 0.15) is 5.75 Å². The second kappa shape index (κ2) is 5.58. The number of hydrogen-bond acceptors (Lipinski definition) is 3. The number of aromatic hydroxyl groups is 1. The van der Waals surface area contributed by atoms with E-state index < -0.39 is 0 Å². The minimum Gasteiger partial charge on any atom is -0.508 e. The van der Waals surface area contributed by atoms with Gasteiger partial charge in [-0.2, -0.15) is 0 Å². The second-order valence-corrected chi connectivity index (χ2v) is 5.41. The second-order valence-electron chi connectivity index (χ2n) is 5.41. The third-order valence-corrected chi connectivity index (χ3v) is 3.78. The highest BCUT2D eigenvalue weighted by molar-refractivity contribution is 5.94. The number of phenolic OH excluding ortho intramolecular Hbond substituents is 1. The summed E-state index contributed by atoms with van der Waals surface area (Å²) in [5, 5.41) is 15.7. The van der Waals surface area contributed by atoms with Crippen LogP contribution in [0.2, 0.25) is 0 Å². The Hall–Kier alpha value is -2.33. The molecular weight excluding hydrogens is 264 g/mol. The Kier molecular flexibility index (Phi) is 3.62. The molecule has 0 spiro atoms. The molecule has 1 amide bonds. The van der Waals surface area contributed by atoms with E-state index in [1.54, 1.807) is 12.1 Å². The quantitative estimate of drug-likeness (QED) is 0.792. The lowest BCUT2D eigenvalue weighted by Gasteiger charge is -2.27. The van der Waals surface area contributed by atoms with E-state index in [-0.39, 0.29) is 17.7 Å². The van der Waals surface area contributed by atoms with E-state index in [0.717, 1.165) is 13.1 Å². The molecule has 1 atom stereocenters. The molecule has 1 aliphatic rings. The Morgan fingerprint density at radius 3 is 2.76 bits per heavy atom. The summed E-state index contributed by atoms with van der Waals surface area (Å²) in [4.78, 5) is 12.3. The number of nitrogens with one attached hydrogen (secondary N) is 2. The number of phenols is 1. The van der Waals surface area contributed by atoms with Gasteiger partial charge >= 0.3 is 0 Å². The number of fused-ring (bicyclic) bond motifs is 1. The number of aryl methyl sites for hydroxylation is 1. The van der Waals surface area contributed by atoms with Gasteiger partial charge in [0, 0.05) is 18.7 Å². The Bertz CT molecular complexity index is 665. The highest BCUT2D eigenvalue weighted by Gasteiger charge is 2.22. The lowest BCUT2D eigenvalue weighted by atomic mass is 9.94. The fourth-order valence-electron chi connectivity index (χ4n) is 2.64. The highest BCUT2D eigenvalue weighted by atomic mass is 16.3. The van der Waals surface area contributed by atoms with Crippen molar-refractivity contribution in [2.75, 3.05) is 6.54 Å². The number of benzene rings is 2. The maximum Gasteiger partial charge on any atom is 0.251 e. The monoisotopic (exact) mass is 282 g/mol. The van der Waals surface area contributed by atoms with E-state index >= 15 is 0 Å². The van der Waals surface area contributed by atoms with Crippen LogP contribution in [-0.4, -0.2) is 17.6 Å². The van der Waals surface area contributed by atoms with Crippen molar-refractivity contribution >= 4 is 5.91 Å². The first-order valence-corrected chi connectivity index (χ1v) is 7.03. The van der Waals surface area contributed by atoms with Crippen LogP contribution in [0, 0.1) is 6.92 Å². The van der Waals surface area contributed by atoms with E-state index in [9.17, 15) is 9.90 Å². The van der Waals surface area contributed by atoms with Gasteiger partial charge in [0.25, 0.3) is 5.91 Å². The summed E-state index contributed by atoms with van der Waals surface area (Å²) in [6.45, 7) is 3.61. The SMILES string of the molecule is Cc1ccc2c(c1)C(NC(=O)c1ccc(O)cc1)CNC2. The normalized spacial score (nSPS) is 17.1. The Balaban J connectivity index is 1.81. The Morgan fingerprint density at radius 2 is 2.00 bits per heavy atom. The molecule has 0 fully saturated rings. The largest absolute Gasteiger partial charge is 0.508 e. The van der Waals surface area contributed by atoms with E-state index in [1.807, 2.05) is 0 Å². The summed E-state index contributed by atoms with van der Waals surface area (Å²) in [5.74, 6) is 0.0306. The molecule has 0 aromatic heterocycles. The smallest absolute Gasteiger partial charge is 0.251 e. The van der Waals surface area contributed by atoms with Gasteiger partial charge in [0.15, 0.2) is 0 Å². The van der Waals surface area contributed by atoms with Crippen molar-refractivity contribution in [3.63, 3.8) is 0 Å². The predicted molar refractivity (Wildman–Crippen MR) is 81.2 cm³/mol. The standard InChI is InChI=1S/C17H18N2O2/c1-11-2-3-13-9-18-10-16(15(13)8-11)19-17(21)12-4-6-14(20)7-5-12/h2-8,16,18,20H,9-10H2,1H3,(H,19,21). The minimum absolute atomic E-state index is 0.0325. The van der Waals surface area contributed by atoms with Crippen LogP contribution in [0.5, 0.6) is 5.75 Å². The number of hydrogen-bond donors (Lipinski definition) is 3. The van der Waals surface area contributed by atoms with Gasteiger partial charge in [-0.3, -0.25) is 4.79 Å². The molecule has 2 aromatic rings. The lowest BCUT2D eigenvalue weighted by Crippen LogP contribution is -2.39. The maximum atomic E-state index is 12.3.